The highest BCUT2D eigenvalue weighted by atomic mass is 15.3. The Hall–Kier alpha value is -3.99. The van der Waals surface area contributed by atoms with Crippen LogP contribution >= 0.6 is 0 Å². The molecule has 0 saturated carbocycles. The Morgan fingerprint density at radius 3 is 2.42 bits per heavy atom. The first-order chi connectivity index (χ1) is 16.2. The van der Waals surface area contributed by atoms with E-state index in [1.807, 2.05) is 35.2 Å². The van der Waals surface area contributed by atoms with Crippen molar-refractivity contribution in [3.05, 3.63) is 103 Å². The Morgan fingerprint density at radius 1 is 0.909 bits per heavy atom. The van der Waals surface area contributed by atoms with Gasteiger partial charge in [0.2, 0.25) is 0 Å². The van der Waals surface area contributed by atoms with E-state index in [1.165, 1.54) is 11.1 Å². The second kappa shape index (κ2) is 9.25. The maximum atomic E-state index is 4.99. The van der Waals surface area contributed by atoms with Gasteiger partial charge in [0.1, 0.15) is 5.52 Å². The molecule has 164 valence electrons. The summed E-state index contributed by atoms with van der Waals surface area (Å²) in [5.41, 5.74) is 6.53. The van der Waals surface area contributed by atoms with Gasteiger partial charge in [0.15, 0.2) is 11.6 Å². The topological polar surface area (TPSA) is 55.1 Å². The van der Waals surface area contributed by atoms with Crippen LogP contribution in [0.5, 0.6) is 0 Å². The van der Waals surface area contributed by atoms with Gasteiger partial charge >= 0.3 is 0 Å². The number of nitrogens with zero attached hydrogens (tertiary/aromatic N) is 4. The summed E-state index contributed by atoms with van der Waals surface area (Å²) in [5.74, 6) is 1.90. The van der Waals surface area contributed by atoms with E-state index < -0.39 is 0 Å². The van der Waals surface area contributed by atoms with Crippen LogP contribution < -0.4 is 5.32 Å². The Balaban J connectivity index is 1.62. The van der Waals surface area contributed by atoms with Crippen molar-refractivity contribution in [2.24, 2.45) is 0 Å². The lowest BCUT2D eigenvalue weighted by Crippen LogP contribution is -2.07. The molecule has 5 aromatic rings. The average molecular weight is 434 g/mol. The summed E-state index contributed by atoms with van der Waals surface area (Å²) in [6.45, 7) is 5.09. The van der Waals surface area contributed by atoms with Gasteiger partial charge in [0, 0.05) is 36.3 Å². The predicted molar refractivity (Wildman–Crippen MR) is 134 cm³/mol. The van der Waals surface area contributed by atoms with Crippen molar-refractivity contribution in [2.45, 2.75) is 32.7 Å². The maximum Gasteiger partial charge on any atom is 0.183 e. The number of pyridine rings is 1. The fourth-order valence-corrected chi connectivity index (χ4v) is 3.99. The van der Waals surface area contributed by atoms with Crippen LogP contribution in [-0.2, 0) is 6.54 Å². The van der Waals surface area contributed by atoms with Crippen LogP contribution in [0.1, 0.15) is 37.3 Å². The molecule has 2 aromatic carbocycles. The summed E-state index contributed by atoms with van der Waals surface area (Å²) in [5, 5.41) is 8.43. The molecule has 0 saturated heterocycles. The molecule has 3 heterocycles. The summed E-state index contributed by atoms with van der Waals surface area (Å²) in [6, 6.07) is 25.0. The fourth-order valence-electron chi connectivity index (χ4n) is 3.99. The van der Waals surface area contributed by atoms with Gasteiger partial charge in [-0.1, -0.05) is 74.5 Å². The normalized spacial score (nSPS) is 12.1. The molecule has 0 aliphatic carbocycles. The minimum Gasteiger partial charge on any atom is -0.364 e. The standard InChI is InChI=1S/C28H27N5/c1-3-20(2)23-16-24(19-29-18-23)27-31-28(30-17-21-10-6-4-7-11-21)26-25(14-15-33(26)32-27)22-12-8-5-9-13-22/h4-16,18-20H,3,17H2,1-2H3,(H,30,31,32). The molecule has 5 nitrogen and oxygen atoms in total. The van der Waals surface area contributed by atoms with Crippen molar-refractivity contribution in [3.63, 3.8) is 0 Å². The molecular formula is C28H27N5. The first-order valence-corrected chi connectivity index (χ1v) is 11.4. The summed E-state index contributed by atoms with van der Waals surface area (Å²) in [4.78, 5) is 9.46. The van der Waals surface area contributed by atoms with Crippen LogP contribution in [0.15, 0.2) is 91.4 Å². The number of aromatic nitrogens is 4. The van der Waals surface area contributed by atoms with Gasteiger partial charge in [-0.15, -0.1) is 5.10 Å². The lowest BCUT2D eigenvalue weighted by molar-refractivity contribution is 0.729. The van der Waals surface area contributed by atoms with E-state index >= 15 is 0 Å². The predicted octanol–water partition coefficient (Wildman–Crippen LogP) is 6.58. The SMILES string of the molecule is CCC(C)c1cncc(-c2nc(NCc3ccccc3)c3c(-c4ccccc4)ccn3n2)c1. The molecule has 33 heavy (non-hydrogen) atoms. The first kappa shape index (κ1) is 20.9. The summed E-state index contributed by atoms with van der Waals surface area (Å²) >= 11 is 0. The van der Waals surface area contributed by atoms with E-state index in [-0.39, 0.29) is 0 Å². The molecule has 0 bridgehead atoms. The largest absolute Gasteiger partial charge is 0.364 e. The summed E-state index contributed by atoms with van der Waals surface area (Å²) in [7, 11) is 0. The Bertz CT molecular complexity index is 1360. The second-order valence-electron chi connectivity index (χ2n) is 8.33. The van der Waals surface area contributed by atoms with Crippen molar-refractivity contribution >= 4 is 11.3 Å². The number of anilines is 1. The average Bonchev–Trinajstić information content (AvgIpc) is 3.32. The first-order valence-electron chi connectivity index (χ1n) is 11.4. The molecule has 0 fully saturated rings. The zero-order valence-corrected chi connectivity index (χ0v) is 18.9. The molecule has 5 rings (SSSR count). The van der Waals surface area contributed by atoms with Crippen molar-refractivity contribution in [1.29, 1.82) is 0 Å². The van der Waals surface area contributed by atoms with Crippen molar-refractivity contribution in [1.82, 2.24) is 19.6 Å². The van der Waals surface area contributed by atoms with Crippen LogP contribution in [0.4, 0.5) is 5.82 Å². The number of rotatable bonds is 7. The van der Waals surface area contributed by atoms with E-state index in [0.29, 0.717) is 18.3 Å². The van der Waals surface area contributed by atoms with Gasteiger partial charge in [-0.2, -0.15) is 0 Å². The third-order valence-electron chi connectivity index (χ3n) is 6.10. The van der Waals surface area contributed by atoms with E-state index in [4.69, 9.17) is 10.1 Å². The van der Waals surface area contributed by atoms with Crippen LogP contribution in [0, 0.1) is 0 Å². The van der Waals surface area contributed by atoms with Gasteiger partial charge in [-0.05, 0) is 41.2 Å². The lowest BCUT2D eigenvalue weighted by Gasteiger charge is -2.13. The summed E-state index contributed by atoms with van der Waals surface area (Å²) < 4.78 is 1.92. The van der Waals surface area contributed by atoms with Crippen LogP contribution in [0.25, 0.3) is 28.0 Å². The molecule has 1 unspecified atom stereocenters. The van der Waals surface area contributed by atoms with E-state index in [9.17, 15) is 0 Å². The van der Waals surface area contributed by atoms with Crippen molar-refractivity contribution < 1.29 is 0 Å². The Labute approximate surface area is 194 Å². The van der Waals surface area contributed by atoms with Crippen molar-refractivity contribution in [2.75, 3.05) is 5.32 Å². The van der Waals surface area contributed by atoms with Gasteiger partial charge in [0.25, 0.3) is 0 Å². The molecule has 0 radical (unpaired) electrons. The van der Waals surface area contributed by atoms with Crippen LogP contribution in [-0.4, -0.2) is 19.6 Å². The van der Waals surface area contributed by atoms with E-state index in [1.54, 1.807) is 0 Å². The molecule has 0 aliphatic rings. The van der Waals surface area contributed by atoms with E-state index in [0.717, 1.165) is 34.4 Å². The zero-order valence-electron chi connectivity index (χ0n) is 18.9. The van der Waals surface area contributed by atoms with E-state index in [2.05, 4.69) is 84.8 Å². The summed E-state index contributed by atoms with van der Waals surface area (Å²) in [6.07, 6.45) is 6.85. The van der Waals surface area contributed by atoms with Crippen molar-refractivity contribution in [3.8, 4) is 22.5 Å². The Morgan fingerprint density at radius 2 is 1.67 bits per heavy atom. The smallest absolute Gasteiger partial charge is 0.183 e. The second-order valence-corrected chi connectivity index (χ2v) is 8.33. The van der Waals surface area contributed by atoms with Gasteiger partial charge in [0.05, 0.1) is 0 Å². The highest BCUT2D eigenvalue weighted by Gasteiger charge is 2.16. The molecule has 3 aromatic heterocycles. The highest BCUT2D eigenvalue weighted by molar-refractivity contribution is 5.89. The molecule has 5 heteroatoms. The Kier molecular flexibility index (Phi) is 5.85. The molecule has 0 aliphatic heterocycles. The minimum atomic E-state index is 0.438. The number of hydrogen-bond acceptors (Lipinski definition) is 4. The number of fused-ring (bicyclic) bond motifs is 1. The molecule has 0 amide bonds. The fraction of sp³-hybridized carbons (Fsp3) is 0.179. The molecule has 0 spiro atoms. The maximum absolute atomic E-state index is 4.99. The highest BCUT2D eigenvalue weighted by Crippen LogP contribution is 2.31. The number of nitrogens with one attached hydrogen (secondary N) is 1. The third-order valence-corrected chi connectivity index (χ3v) is 6.10. The quantitative estimate of drug-likeness (QED) is 0.315. The molecular weight excluding hydrogens is 406 g/mol. The van der Waals surface area contributed by atoms with Crippen LogP contribution in [0.3, 0.4) is 0 Å². The van der Waals surface area contributed by atoms with Gasteiger partial charge < -0.3 is 5.32 Å². The minimum absolute atomic E-state index is 0.438. The van der Waals surface area contributed by atoms with Gasteiger partial charge in [-0.3, -0.25) is 4.98 Å². The molecule has 1 atom stereocenters. The third kappa shape index (κ3) is 4.35. The number of hydrogen-bond donors (Lipinski definition) is 1. The number of benzene rings is 2. The van der Waals surface area contributed by atoms with Gasteiger partial charge in [-0.25, -0.2) is 9.50 Å². The lowest BCUT2D eigenvalue weighted by atomic mass is 9.99. The zero-order chi connectivity index (χ0) is 22.6. The molecule has 1 N–H and O–H groups in total. The van der Waals surface area contributed by atoms with Crippen LogP contribution in [0.2, 0.25) is 0 Å². The monoisotopic (exact) mass is 433 g/mol.